The number of nitrogens with zero attached hydrogens (tertiary/aromatic N) is 2. The Labute approximate surface area is 165 Å². The average molecular weight is 392 g/mol. The number of halogens is 1. The first-order chi connectivity index (χ1) is 14.0. The van der Waals surface area contributed by atoms with Crippen LogP contribution in [0.15, 0.2) is 66.9 Å². The van der Waals surface area contributed by atoms with E-state index in [1.807, 2.05) is 66.2 Å². The maximum Gasteiger partial charge on any atom is 0.308 e. The normalized spacial score (nSPS) is 10.9. The molecule has 1 heterocycles. The van der Waals surface area contributed by atoms with Crippen molar-refractivity contribution in [2.24, 2.45) is 0 Å². The number of hydrogen-bond donors (Lipinski definition) is 0. The molecule has 0 saturated heterocycles. The predicted molar refractivity (Wildman–Crippen MR) is 108 cm³/mol. The van der Waals surface area contributed by atoms with Crippen molar-refractivity contribution in [3.05, 3.63) is 88.4 Å². The molecular formula is C22H17FN2O4. The lowest BCUT2D eigenvalue weighted by Gasteiger charge is -2.10. The zero-order chi connectivity index (χ0) is 20.5. The van der Waals surface area contributed by atoms with Crippen molar-refractivity contribution in [1.82, 2.24) is 4.57 Å². The molecule has 0 fully saturated rings. The number of hydrogen-bond acceptors (Lipinski definition) is 4. The van der Waals surface area contributed by atoms with Crippen LogP contribution in [0, 0.1) is 22.9 Å². The molecule has 0 N–H and O–H groups in total. The van der Waals surface area contributed by atoms with E-state index in [9.17, 15) is 14.5 Å². The fourth-order valence-corrected chi connectivity index (χ4v) is 3.28. The van der Waals surface area contributed by atoms with Crippen LogP contribution < -0.4 is 9.47 Å². The van der Waals surface area contributed by atoms with Gasteiger partial charge < -0.3 is 14.0 Å². The van der Waals surface area contributed by atoms with Crippen LogP contribution in [0.2, 0.25) is 0 Å². The first kappa shape index (κ1) is 18.5. The van der Waals surface area contributed by atoms with E-state index in [4.69, 9.17) is 9.47 Å². The molecule has 0 saturated carbocycles. The maximum absolute atomic E-state index is 13.9. The summed E-state index contributed by atoms with van der Waals surface area (Å²) in [6.45, 7) is 2.01. The van der Waals surface area contributed by atoms with Gasteiger partial charge in [-0.15, -0.1) is 0 Å². The third kappa shape index (κ3) is 3.27. The molecule has 0 amide bonds. The molecule has 0 aliphatic rings. The van der Waals surface area contributed by atoms with Crippen molar-refractivity contribution in [2.45, 2.75) is 6.92 Å². The van der Waals surface area contributed by atoms with Gasteiger partial charge in [-0.3, -0.25) is 10.1 Å². The molecule has 7 heteroatoms. The fourth-order valence-electron chi connectivity index (χ4n) is 3.28. The van der Waals surface area contributed by atoms with Gasteiger partial charge in [0.2, 0.25) is 5.82 Å². The number of aryl methyl sites for hydroxylation is 1. The number of nitro benzene ring substituents is 1. The smallest absolute Gasteiger partial charge is 0.308 e. The van der Waals surface area contributed by atoms with Gasteiger partial charge in [0, 0.05) is 17.1 Å². The van der Waals surface area contributed by atoms with E-state index in [2.05, 4.69) is 0 Å². The Bertz CT molecular complexity index is 1230. The van der Waals surface area contributed by atoms with Gasteiger partial charge in [0.15, 0.2) is 17.2 Å². The minimum Gasteiger partial charge on any atom is -0.493 e. The van der Waals surface area contributed by atoms with E-state index >= 15 is 0 Å². The van der Waals surface area contributed by atoms with Gasteiger partial charge in [-0.2, -0.15) is 4.39 Å². The lowest BCUT2D eigenvalue weighted by atomic mass is 10.2. The Morgan fingerprint density at radius 1 is 1.00 bits per heavy atom. The number of rotatable bonds is 5. The number of nitro groups is 1. The lowest BCUT2D eigenvalue weighted by Crippen LogP contribution is -1.97. The molecule has 0 aliphatic heterocycles. The van der Waals surface area contributed by atoms with E-state index < -0.39 is 16.4 Å². The highest BCUT2D eigenvalue weighted by Gasteiger charge is 2.22. The van der Waals surface area contributed by atoms with Crippen molar-refractivity contribution < 1.29 is 18.8 Å². The van der Waals surface area contributed by atoms with Crippen LogP contribution in [-0.2, 0) is 0 Å². The van der Waals surface area contributed by atoms with Crippen LogP contribution in [0.5, 0.6) is 17.2 Å². The number of para-hydroxylation sites is 2. The maximum atomic E-state index is 13.9. The third-order valence-corrected chi connectivity index (χ3v) is 4.70. The molecule has 29 heavy (non-hydrogen) atoms. The second-order valence-corrected chi connectivity index (χ2v) is 6.48. The standard InChI is InChI=1S/C22H17FN2O4/c1-14-7-3-5-9-17(14)24-13-22(15-8-4-6-10-18(15)24)29-21-12-19(25(26)27)16(23)11-20(21)28-2/h3-13H,1-2H3. The Morgan fingerprint density at radius 3 is 2.45 bits per heavy atom. The minimum absolute atomic E-state index is 0.0632. The molecule has 0 unspecified atom stereocenters. The lowest BCUT2D eigenvalue weighted by molar-refractivity contribution is -0.387. The molecule has 0 spiro atoms. The van der Waals surface area contributed by atoms with Crippen molar-refractivity contribution in [1.29, 1.82) is 0 Å². The van der Waals surface area contributed by atoms with Crippen LogP contribution in [-0.4, -0.2) is 16.6 Å². The first-order valence-corrected chi connectivity index (χ1v) is 8.85. The van der Waals surface area contributed by atoms with E-state index in [1.165, 1.54) is 7.11 Å². The molecule has 0 radical (unpaired) electrons. The monoisotopic (exact) mass is 392 g/mol. The predicted octanol–water partition coefficient (Wildman–Crippen LogP) is 5.79. The van der Waals surface area contributed by atoms with Gasteiger partial charge >= 0.3 is 5.69 Å². The second kappa shape index (κ2) is 7.27. The van der Waals surface area contributed by atoms with Crippen molar-refractivity contribution in [2.75, 3.05) is 7.11 Å². The molecular weight excluding hydrogens is 375 g/mol. The Kier molecular flexibility index (Phi) is 4.64. The van der Waals surface area contributed by atoms with E-state index in [0.717, 1.165) is 34.3 Å². The van der Waals surface area contributed by atoms with Crippen LogP contribution >= 0.6 is 0 Å². The van der Waals surface area contributed by atoms with Gasteiger partial charge in [0.05, 0.1) is 29.8 Å². The molecule has 1 aromatic heterocycles. The summed E-state index contributed by atoms with van der Waals surface area (Å²) in [5, 5.41) is 11.9. The largest absolute Gasteiger partial charge is 0.493 e. The molecule has 6 nitrogen and oxygen atoms in total. The number of methoxy groups -OCH3 is 1. The first-order valence-electron chi connectivity index (χ1n) is 8.85. The van der Waals surface area contributed by atoms with Crippen LogP contribution in [0.4, 0.5) is 10.1 Å². The number of aromatic nitrogens is 1. The summed E-state index contributed by atoms with van der Waals surface area (Å²) >= 11 is 0. The second-order valence-electron chi connectivity index (χ2n) is 6.48. The van der Waals surface area contributed by atoms with Crippen molar-refractivity contribution in [3.63, 3.8) is 0 Å². The zero-order valence-electron chi connectivity index (χ0n) is 15.8. The third-order valence-electron chi connectivity index (χ3n) is 4.70. The van der Waals surface area contributed by atoms with Gasteiger partial charge in [-0.1, -0.05) is 30.3 Å². The fraction of sp³-hybridized carbons (Fsp3) is 0.0909. The molecule has 0 aliphatic carbocycles. The summed E-state index contributed by atoms with van der Waals surface area (Å²) in [6, 6.07) is 17.6. The summed E-state index contributed by atoms with van der Waals surface area (Å²) < 4.78 is 27.1. The topological polar surface area (TPSA) is 66.5 Å². The van der Waals surface area contributed by atoms with Gasteiger partial charge in [-0.05, 0) is 30.7 Å². The summed E-state index contributed by atoms with van der Waals surface area (Å²) in [5.41, 5.74) is 2.29. The van der Waals surface area contributed by atoms with E-state index in [0.29, 0.717) is 5.75 Å². The quantitative estimate of drug-likeness (QED) is 0.319. The zero-order valence-corrected chi connectivity index (χ0v) is 15.8. The number of fused-ring (bicyclic) bond motifs is 1. The van der Waals surface area contributed by atoms with Gasteiger partial charge in [-0.25, -0.2) is 0 Å². The summed E-state index contributed by atoms with van der Waals surface area (Å²) in [4.78, 5) is 10.3. The highest BCUT2D eigenvalue weighted by Crippen LogP contribution is 2.40. The average Bonchev–Trinajstić information content (AvgIpc) is 3.07. The molecule has 4 aromatic rings. The van der Waals surface area contributed by atoms with Gasteiger partial charge in [0.1, 0.15) is 0 Å². The Balaban J connectivity index is 1.88. The van der Waals surface area contributed by atoms with Crippen molar-refractivity contribution >= 4 is 16.6 Å². The molecule has 4 rings (SSSR count). The van der Waals surface area contributed by atoms with Gasteiger partial charge in [0.25, 0.3) is 0 Å². The van der Waals surface area contributed by atoms with Crippen LogP contribution in [0.25, 0.3) is 16.6 Å². The molecule has 0 atom stereocenters. The summed E-state index contributed by atoms with van der Waals surface area (Å²) in [6.07, 6.45) is 1.81. The molecule has 3 aromatic carbocycles. The highest BCUT2D eigenvalue weighted by atomic mass is 19.1. The Hall–Kier alpha value is -3.87. The van der Waals surface area contributed by atoms with Crippen LogP contribution in [0.3, 0.4) is 0 Å². The minimum atomic E-state index is -0.985. The van der Waals surface area contributed by atoms with Crippen molar-refractivity contribution in [3.8, 4) is 22.9 Å². The SMILES string of the molecule is COc1cc(F)c([N+](=O)[O-])cc1Oc1cn(-c2ccccc2C)c2ccccc12. The van der Waals surface area contributed by atoms with E-state index in [1.54, 1.807) is 0 Å². The molecule has 0 bridgehead atoms. The van der Waals surface area contributed by atoms with Crippen LogP contribution in [0.1, 0.15) is 5.56 Å². The number of benzene rings is 3. The Morgan fingerprint density at radius 2 is 1.72 bits per heavy atom. The molecule has 146 valence electrons. The highest BCUT2D eigenvalue weighted by molar-refractivity contribution is 5.89. The van der Waals surface area contributed by atoms with E-state index in [-0.39, 0.29) is 11.5 Å². The summed E-state index contributed by atoms with van der Waals surface area (Å²) in [7, 11) is 1.35. The summed E-state index contributed by atoms with van der Waals surface area (Å²) in [5.74, 6) is -0.376. The number of ether oxygens (including phenoxy) is 2.